The van der Waals surface area contributed by atoms with E-state index in [1.165, 1.54) is 0 Å². The average Bonchev–Trinajstić information content (AvgIpc) is 2.55. The number of halogens is 3. The number of amides is 1. The summed E-state index contributed by atoms with van der Waals surface area (Å²) in [6, 6.07) is 11.4. The Balaban J connectivity index is 1.89. The minimum atomic E-state index is -4.35. The monoisotopic (exact) mass is 338 g/mol. The summed E-state index contributed by atoms with van der Waals surface area (Å²) in [5.41, 5.74) is 1.72. The summed E-state index contributed by atoms with van der Waals surface area (Å²) < 4.78 is 40.6. The van der Waals surface area contributed by atoms with Crippen molar-refractivity contribution in [3.63, 3.8) is 0 Å². The number of pyridine rings is 1. The van der Waals surface area contributed by atoms with E-state index in [9.17, 15) is 18.0 Å². The van der Waals surface area contributed by atoms with Gasteiger partial charge in [0.15, 0.2) is 0 Å². The van der Waals surface area contributed by atoms with Crippen molar-refractivity contribution < 1.29 is 22.7 Å². The standard InChI is InChI=1S/C17H17F3N2O2/c1-12(15-4-2-3-9-21-15)22-16(23)14-7-5-13(6-8-14)10-24-11-17(18,19)20/h2-9,12H,10-11H2,1H3,(H,22,23). The highest BCUT2D eigenvalue weighted by Gasteiger charge is 2.27. The van der Waals surface area contributed by atoms with Crippen LogP contribution in [0.2, 0.25) is 0 Å². The lowest BCUT2D eigenvalue weighted by Crippen LogP contribution is -2.27. The van der Waals surface area contributed by atoms with Gasteiger partial charge in [0.25, 0.3) is 5.91 Å². The molecule has 1 atom stereocenters. The molecule has 0 spiro atoms. The maximum atomic E-state index is 12.2. The van der Waals surface area contributed by atoms with Crippen LogP contribution in [-0.2, 0) is 11.3 Å². The number of alkyl halides is 3. The summed E-state index contributed by atoms with van der Waals surface area (Å²) in [7, 11) is 0. The average molecular weight is 338 g/mol. The largest absolute Gasteiger partial charge is 0.411 e. The van der Waals surface area contributed by atoms with E-state index in [2.05, 4.69) is 15.0 Å². The van der Waals surface area contributed by atoms with Crippen molar-refractivity contribution in [2.45, 2.75) is 25.7 Å². The van der Waals surface area contributed by atoms with Gasteiger partial charge >= 0.3 is 6.18 Å². The third-order valence-corrected chi connectivity index (χ3v) is 3.23. The van der Waals surface area contributed by atoms with Crippen molar-refractivity contribution in [1.82, 2.24) is 10.3 Å². The van der Waals surface area contributed by atoms with E-state index in [1.807, 2.05) is 19.1 Å². The van der Waals surface area contributed by atoms with E-state index in [1.54, 1.807) is 36.5 Å². The third-order valence-electron chi connectivity index (χ3n) is 3.23. The van der Waals surface area contributed by atoms with Crippen LogP contribution in [0, 0.1) is 0 Å². The van der Waals surface area contributed by atoms with Crippen LogP contribution < -0.4 is 5.32 Å². The highest BCUT2D eigenvalue weighted by atomic mass is 19.4. The molecule has 2 rings (SSSR count). The summed E-state index contributed by atoms with van der Waals surface area (Å²) in [6.45, 7) is 0.363. The van der Waals surface area contributed by atoms with Crippen LogP contribution in [0.4, 0.5) is 13.2 Å². The van der Waals surface area contributed by atoms with Gasteiger partial charge in [0, 0.05) is 11.8 Å². The number of hydrogen-bond acceptors (Lipinski definition) is 3. The normalized spacial score (nSPS) is 12.7. The highest BCUT2D eigenvalue weighted by molar-refractivity contribution is 5.94. The van der Waals surface area contributed by atoms with Crippen molar-refractivity contribution in [3.05, 3.63) is 65.5 Å². The first-order chi connectivity index (χ1) is 11.3. The number of benzene rings is 1. The number of carbonyl (C=O) groups excluding carboxylic acids is 1. The molecule has 2 aromatic rings. The Labute approximate surface area is 137 Å². The van der Waals surface area contributed by atoms with Gasteiger partial charge in [-0.3, -0.25) is 9.78 Å². The van der Waals surface area contributed by atoms with Gasteiger partial charge in [-0.1, -0.05) is 18.2 Å². The molecule has 0 aliphatic heterocycles. The number of carbonyl (C=O) groups is 1. The predicted octanol–water partition coefficient (Wildman–Crippen LogP) is 3.65. The molecular weight excluding hydrogens is 321 g/mol. The lowest BCUT2D eigenvalue weighted by molar-refractivity contribution is -0.176. The van der Waals surface area contributed by atoms with Crippen molar-refractivity contribution >= 4 is 5.91 Å². The molecule has 24 heavy (non-hydrogen) atoms. The van der Waals surface area contributed by atoms with Gasteiger partial charge in [0.2, 0.25) is 0 Å². The van der Waals surface area contributed by atoms with Crippen molar-refractivity contribution in [2.24, 2.45) is 0 Å². The third kappa shape index (κ3) is 5.66. The number of ether oxygens (including phenoxy) is 1. The molecule has 0 saturated heterocycles. The fourth-order valence-corrected chi connectivity index (χ4v) is 2.02. The number of nitrogens with zero attached hydrogens (tertiary/aromatic N) is 1. The first-order valence-corrected chi connectivity index (χ1v) is 7.30. The molecule has 1 N–H and O–H groups in total. The van der Waals surface area contributed by atoms with E-state index in [0.29, 0.717) is 11.1 Å². The number of hydrogen-bond donors (Lipinski definition) is 1. The van der Waals surface area contributed by atoms with Gasteiger partial charge in [-0.2, -0.15) is 13.2 Å². The fourth-order valence-electron chi connectivity index (χ4n) is 2.02. The van der Waals surface area contributed by atoms with Crippen LogP contribution in [0.5, 0.6) is 0 Å². The molecule has 1 aromatic heterocycles. The highest BCUT2D eigenvalue weighted by Crippen LogP contribution is 2.16. The molecule has 7 heteroatoms. The smallest absolute Gasteiger partial charge is 0.367 e. The van der Waals surface area contributed by atoms with Gasteiger partial charge in [-0.05, 0) is 36.8 Å². The van der Waals surface area contributed by atoms with Crippen LogP contribution in [0.3, 0.4) is 0 Å². The maximum Gasteiger partial charge on any atom is 0.411 e. The zero-order chi connectivity index (χ0) is 17.6. The molecule has 128 valence electrons. The van der Waals surface area contributed by atoms with Crippen LogP contribution in [0.15, 0.2) is 48.7 Å². The van der Waals surface area contributed by atoms with E-state index < -0.39 is 12.8 Å². The summed E-state index contributed by atoms with van der Waals surface area (Å²) in [6.07, 6.45) is -2.70. The van der Waals surface area contributed by atoms with E-state index in [-0.39, 0.29) is 18.6 Å². The Morgan fingerprint density at radius 1 is 1.21 bits per heavy atom. The van der Waals surface area contributed by atoms with Crippen LogP contribution >= 0.6 is 0 Å². The molecule has 4 nitrogen and oxygen atoms in total. The number of rotatable bonds is 6. The van der Waals surface area contributed by atoms with Gasteiger partial charge in [0.1, 0.15) is 6.61 Å². The van der Waals surface area contributed by atoms with Gasteiger partial charge in [-0.25, -0.2) is 0 Å². The SMILES string of the molecule is CC(NC(=O)c1ccc(COCC(F)(F)F)cc1)c1ccccn1. The second kappa shape index (κ2) is 7.92. The van der Waals surface area contributed by atoms with E-state index in [0.717, 1.165) is 5.69 Å². The molecule has 1 unspecified atom stereocenters. The molecule has 0 radical (unpaired) electrons. The molecule has 1 aromatic carbocycles. The van der Waals surface area contributed by atoms with E-state index in [4.69, 9.17) is 0 Å². The summed E-state index contributed by atoms with van der Waals surface area (Å²) in [5, 5.41) is 2.81. The van der Waals surface area contributed by atoms with Crippen molar-refractivity contribution in [3.8, 4) is 0 Å². The number of aromatic nitrogens is 1. The Morgan fingerprint density at radius 3 is 2.50 bits per heavy atom. The molecular formula is C17H17F3N2O2. The Morgan fingerprint density at radius 2 is 1.92 bits per heavy atom. The Hall–Kier alpha value is -2.41. The number of nitrogens with one attached hydrogen (secondary N) is 1. The zero-order valence-electron chi connectivity index (χ0n) is 13.0. The lowest BCUT2D eigenvalue weighted by Gasteiger charge is -2.13. The summed E-state index contributed by atoms with van der Waals surface area (Å²) in [4.78, 5) is 16.3. The van der Waals surface area contributed by atoms with Gasteiger partial charge in [0.05, 0.1) is 18.3 Å². The second-order valence-corrected chi connectivity index (χ2v) is 5.25. The molecule has 1 amide bonds. The first-order valence-electron chi connectivity index (χ1n) is 7.30. The maximum absolute atomic E-state index is 12.2. The van der Waals surface area contributed by atoms with Crippen molar-refractivity contribution in [1.29, 1.82) is 0 Å². The van der Waals surface area contributed by atoms with E-state index >= 15 is 0 Å². The molecule has 0 aliphatic carbocycles. The molecule has 1 heterocycles. The minimum Gasteiger partial charge on any atom is -0.367 e. The predicted molar refractivity (Wildman–Crippen MR) is 82.3 cm³/mol. The fraction of sp³-hybridized carbons (Fsp3) is 0.294. The molecule has 0 aliphatic rings. The van der Waals surface area contributed by atoms with Crippen LogP contribution in [0.25, 0.3) is 0 Å². The van der Waals surface area contributed by atoms with Crippen molar-refractivity contribution in [2.75, 3.05) is 6.61 Å². The zero-order valence-corrected chi connectivity index (χ0v) is 13.0. The first kappa shape index (κ1) is 17.9. The van der Waals surface area contributed by atoms with Gasteiger partial charge < -0.3 is 10.1 Å². The van der Waals surface area contributed by atoms with Gasteiger partial charge in [-0.15, -0.1) is 0 Å². The topological polar surface area (TPSA) is 51.2 Å². The van der Waals surface area contributed by atoms with Crippen LogP contribution in [-0.4, -0.2) is 23.7 Å². The Kier molecular flexibility index (Phi) is 5.92. The minimum absolute atomic E-state index is 0.161. The summed E-state index contributed by atoms with van der Waals surface area (Å²) >= 11 is 0. The Bertz CT molecular complexity index is 658. The molecule has 0 saturated carbocycles. The molecule has 0 bridgehead atoms. The summed E-state index contributed by atoms with van der Waals surface area (Å²) in [5.74, 6) is -0.282. The quantitative estimate of drug-likeness (QED) is 0.875. The second-order valence-electron chi connectivity index (χ2n) is 5.25. The molecule has 0 fully saturated rings. The van der Waals surface area contributed by atoms with Crippen LogP contribution in [0.1, 0.15) is 34.6 Å². The lowest BCUT2D eigenvalue weighted by atomic mass is 10.1.